The van der Waals surface area contributed by atoms with E-state index in [9.17, 15) is 4.79 Å². The maximum atomic E-state index is 12.2. The van der Waals surface area contributed by atoms with Gasteiger partial charge in [-0.05, 0) is 51.8 Å². The van der Waals surface area contributed by atoms with Crippen LogP contribution in [0.5, 0.6) is 5.75 Å². The molecule has 2 heterocycles. The van der Waals surface area contributed by atoms with Gasteiger partial charge in [0.2, 0.25) is 0 Å². The third-order valence-corrected chi connectivity index (χ3v) is 3.34. The highest BCUT2D eigenvalue weighted by atomic mass is 16.5. The lowest BCUT2D eigenvalue weighted by atomic mass is 9.91. The Bertz CT molecular complexity index is 426. The summed E-state index contributed by atoms with van der Waals surface area (Å²) in [6.07, 6.45) is 6.17. The van der Waals surface area contributed by atoms with Gasteiger partial charge >= 0.3 is 0 Å². The molecule has 1 N–H and O–H groups in total. The molecule has 1 saturated heterocycles. The number of Topliss-reactive ketones (excluding diaryl/α,β-unsaturated/α-hetero) is 1. The van der Waals surface area contributed by atoms with E-state index in [1.165, 1.54) is 0 Å². The Balaban J connectivity index is 1.97. The van der Waals surface area contributed by atoms with Crippen LogP contribution in [-0.4, -0.2) is 30.0 Å². The van der Waals surface area contributed by atoms with Crippen LogP contribution >= 0.6 is 0 Å². The average Bonchev–Trinajstić information content (AvgIpc) is 2.39. The first kappa shape index (κ1) is 14.0. The Morgan fingerprint density at radius 1 is 1.42 bits per heavy atom. The molecule has 19 heavy (non-hydrogen) atoms. The van der Waals surface area contributed by atoms with Gasteiger partial charge in [0.25, 0.3) is 0 Å². The number of pyridine rings is 1. The minimum atomic E-state index is 0.0940. The van der Waals surface area contributed by atoms with E-state index in [0.29, 0.717) is 23.7 Å². The summed E-state index contributed by atoms with van der Waals surface area (Å²) >= 11 is 0. The van der Waals surface area contributed by atoms with Gasteiger partial charge in [0.1, 0.15) is 5.75 Å². The number of nitrogens with one attached hydrogen (secondary N) is 1. The van der Waals surface area contributed by atoms with Crippen LogP contribution in [0.15, 0.2) is 18.5 Å². The number of ether oxygens (including phenoxy) is 1. The highest BCUT2D eigenvalue weighted by molar-refractivity contribution is 5.96. The smallest absolute Gasteiger partial charge is 0.164 e. The minimum absolute atomic E-state index is 0.0940. The van der Waals surface area contributed by atoms with Crippen molar-refractivity contribution < 1.29 is 9.53 Å². The molecule has 0 bridgehead atoms. The zero-order valence-electron chi connectivity index (χ0n) is 11.7. The van der Waals surface area contributed by atoms with Crippen LogP contribution in [0.3, 0.4) is 0 Å². The second-order valence-corrected chi connectivity index (χ2v) is 5.40. The van der Waals surface area contributed by atoms with Crippen LogP contribution in [-0.2, 0) is 0 Å². The molecule has 0 radical (unpaired) electrons. The van der Waals surface area contributed by atoms with Gasteiger partial charge in [-0.2, -0.15) is 0 Å². The fourth-order valence-electron chi connectivity index (χ4n) is 2.37. The first-order valence-corrected chi connectivity index (χ1v) is 7.01. The number of piperidine rings is 1. The molecule has 1 aromatic heterocycles. The number of ketones is 1. The lowest BCUT2D eigenvalue weighted by Crippen LogP contribution is -2.28. The van der Waals surface area contributed by atoms with Gasteiger partial charge in [0, 0.05) is 18.2 Å². The van der Waals surface area contributed by atoms with Crippen molar-refractivity contribution in [2.75, 3.05) is 13.1 Å². The Hall–Kier alpha value is -1.42. The van der Waals surface area contributed by atoms with Crippen molar-refractivity contribution in [3.8, 4) is 5.75 Å². The van der Waals surface area contributed by atoms with Crippen molar-refractivity contribution in [1.29, 1.82) is 0 Å². The molecule has 0 aliphatic carbocycles. The van der Waals surface area contributed by atoms with Crippen molar-refractivity contribution in [3.63, 3.8) is 0 Å². The molecule has 1 aliphatic rings. The normalized spacial score (nSPS) is 16.6. The summed E-state index contributed by atoms with van der Waals surface area (Å²) in [5.41, 5.74) is 0.664. The van der Waals surface area contributed by atoms with Crippen LogP contribution in [0.1, 0.15) is 43.5 Å². The van der Waals surface area contributed by atoms with Crippen LogP contribution in [0, 0.1) is 5.92 Å². The van der Waals surface area contributed by atoms with Crippen LogP contribution in [0.2, 0.25) is 0 Å². The van der Waals surface area contributed by atoms with Gasteiger partial charge in [0.05, 0.1) is 12.3 Å². The molecular formula is C15H22N2O2. The second-order valence-electron chi connectivity index (χ2n) is 5.40. The van der Waals surface area contributed by atoms with E-state index >= 15 is 0 Å². The summed E-state index contributed by atoms with van der Waals surface area (Å²) in [6, 6.07) is 1.80. The molecule has 4 heteroatoms. The Morgan fingerprint density at radius 3 is 2.84 bits per heavy atom. The monoisotopic (exact) mass is 262 g/mol. The lowest BCUT2D eigenvalue weighted by Gasteiger charge is -2.21. The lowest BCUT2D eigenvalue weighted by molar-refractivity contribution is 0.0951. The van der Waals surface area contributed by atoms with E-state index in [4.69, 9.17) is 4.74 Å². The van der Waals surface area contributed by atoms with Crippen molar-refractivity contribution in [1.82, 2.24) is 10.3 Å². The highest BCUT2D eigenvalue weighted by Gasteiger charge is 2.18. The topological polar surface area (TPSA) is 51.2 Å². The predicted molar refractivity (Wildman–Crippen MR) is 74.5 cm³/mol. The van der Waals surface area contributed by atoms with Crippen molar-refractivity contribution >= 4 is 5.78 Å². The molecule has 1 fully saturated rings. The van der Waals surface area contributed by atoms with Crippen LogP contribution in [0.4, 0.5) is 0 Å². The predicted octanol–water partition coefficient (Wildman–Crippen LogP) is 2.44. The van der Waals surface area contributed by atoms with E-state index in [1.807, 2.05) is 13.8 Å². The second kappa shape index (κ2) is 6.66. The van der Waals surface area contributed by atoms with Gasteiger partial charge in [-0.15, -0.1) is 0 Å². The van der Waals surface area contributed by atoms with E-state index in [2.05, 4.69) is 10.3 Å². The zero-order chi connectivity index (χ0) is 13.7. The molecule has 0 amide bonds. The van der Waals surface area contributed by atoms with E-state index < -0.39 is 0 Å². The number of carbonyl (C=O) groups excluding carboxylic acids is 1. The number of hydrogen-bond donors (Lipinski definition) is 1. The maximum absolute atomic E-state index is 12.2. The van der Waals surface area contributed by atoms with Gasteiger partial charge in [-0.1, -0.05) is 0 Å². The van der Waals surface area contributed by atoms with E-state index in [-0.39, 0.29) is 11.9 Å². The summed E-state index contributed by atoms with van der Waals surface area (Å²) in [4.78, 5) is 16.3. The van der Waals surface area contributed by atoms with Gasteiger partial charge in [-0.3, -0.25) is 9.78 Å². The summed E-state index contributed by atoms with van der Waals surface area (Å²) in [5.74, 6) is 1.35. The minimum Gasteiger partial charge on any atom is -0.489 e. The quantitative estimate of drug-likeness (QED) is 0.828. The largest absolute Gasteiger partial charge is 0.489 e. The van der Waals surface area contributed by atoms with Gasteiger partial charge in [-0.25, -0.2) is 0 Å². The third kappa shape index (κ3) is 4.31. The SMILES string of the molecule is CC(C)Oc1cncc(C(=O)CC2CCNCC2)c1. The molecule has 1 aliphatic heterocycles. The standard InChI is InChI=1S/C15H22N2O2/c1-11(2)19-14-8-13(9-17-10-14)15(18)7-12-3-5-16-6-4-12/h8-12,16H,3-7H2,1-2H3. The van der Waals surface area contributed by atoms with Crippen molar-refractivity contribution in [2.24, 2.45) is 5.92 Å². The maximum Gasteiger partial charge on any atom is 0.164 e. The Morgan fingerprint density at radius 2 is 2.16 bits per heavy atom. The molecule has 0 spiro atoms. The fourth-order valence-corrected chi connectivity index (χ4v) is 2.37. The molecular weight excluding hydrogens is 240 g/mol. The number of carbonyl (C=O) groups is 1. The number of rotatable bonds is 5. The van der Waals surface area contributed by atoms with E-state index in [0.717, 1.165) is 25.9 Å². The molecule has 1 aromatic rings. The van der Waals surface area contributed by atoms with Crippen LogP contribution < -0.4 is 10.1 Å². The summed E-state index contributed by atoms with van der Waals surface area (Å²) in [7, 11) is 0. The molecule has 104 valence electrons. The summed E-state index contributed by atoms with van der Waals surface area (Å²) in [5, 5.41) is 3.31. The van der Waals surface area contributed by atoms with Gasteiger partial charge in [0.15, 0.2) is 5.78 Å². The summed E-state index contributed by atoms with van der Waals surface area (Å²) < 4.78 is 5.57. The fraction of sp³-hybridized carbons (Fsp3) is 0.600. The Kier molecular flexibility index (Phi) is 4.91. The third-order valence-electron chi connectivity index (χ3n) is 3.34. The Labute approximate surface area is 114 Å². The van der Waals surface area contributed by atoms with Crippen molar-refractivity contribution in [2.45, 2.75) is 39.2 Å². The molecule has 2 rings (SSSR count). The molecule has 0 saturated carbocycles. The molecule has 0 aromatic carbocycles. The van der Waals surface area contributed by atoms with E-state index in [1.54, 1.807) is 18.5 Å². The molecule has 0 atom stereocenters. The molecule has 0 unspecified atom stereocenters. The number of aromatic nitrogens is 1. The highest BCUT2D eigenvalue weighted by Crippen LogP contribution is 2.20. The number of hydrogen-bond acceptors (Lipinski definition) is 4. The molecule has 4 nitrogen and oxygen atoms in total. The van der Waals surface area contributed by atoms with Crippen LogP contribution in [0.25, 0.3) is 0 Å². The average molecular weight is 262 g/mol. The number of nitrogens with zero attached hydrogens (tertiary/aromatic N) is 1. The first-order valence-electron chi connectivity index (χ1n) is 7.01. The van der Waals surface area contributed by atoms with Gasteiger partial charge < -0.3 is 10.1 Å². The zero-order valence-corrected chi connectivity index (χ0v) is 11.7. The van der Waals surface area contributed by atoms with Crippen molar-refractivity contribution in [3.05, 3.63) is 24.0 Å². The first-order chi connectivity index (χ1) is 9.15. The summed E-state index contributed by atoms with van der Waals surface area (Å²) in [6.45, 7) is 5.96.